The van der Waals surface area contributed by atoms with Gasteiger partial charge in [-0.1, -0.05) is 25.3 Å². The molecule has 3 fully saturated rings. The van der Waals surface area contributed by atoms with Crippen molar-refractivity contribution in [2.24, 2.45) is 5.41 Å². The van der Waals surface area contributed by atoms with Gasteiger partial charge in [-0.25, -0.2) is 4.72 Å². The Labute approximate surface area is 271 Å². The minimum atomic E-state index is -3.98. The van der Waals surface area contributed by atoms with Crippen molar-refractivity contribution >= 4 is 32.9 Å². The molecule has 2 aromatic carbocycles. The summed E-state index contributed by atoms with van der Waals surface area (Å²) in [5.41, 5.74) is 4.76. The molecule has 1 aromatic heterocycles. The fourth-order valence-corrected chi connectivity index (χ4v) is 8.99. The average molecular weight is 648 g/mol. The average Bonchev–Trinajstić information content (AvgIpc) is 3.69. The Morgan fingerprint density at radius 1 is 1.00 bits per heavy atom. The van der Waals surface area contributed by atoms with E-state index < -0.39 is 21.5 Å². The van der Waals surface area contributed by atoms with Crippen LogP contribution in [0.4, 0.5) is 0 Å². The van der Waals surface area contributed by atoms with Crippen LogP contribution in [0.3, 0.4) is 0 Å². The molecule has 2 saturated carbocycles. The number of likely N-dealkylation sites (N-methyl/N-ethyl adjacent to an activating group) is 1. The first kappa shape index (κ1) is 31.2. The Hall–Kier alpha value is -3.41. The van der Waals surface area contributed by atoms with Gasteiger partial charge in [0, 0.05) is 73.8 Å². The van der Waals surface area contributed by atoms with Crippen LogP contribution in [-0.4, -0.2) is 90.3 Å². The number of nitrogens with one attached hydrogen (secondary N) is 1. The third kappa shape index (κ3) is 4.93. The number of nitrogens with zero attached hydrogens (tertiary/aromatic N) is 4. The monoisotopic (exact) mass is 647 g/mol. The highest BCUT2D eigenvalue weighted by molar-refractivity contribution is 7.87. The molecule has 0 bridgehead atoms. The number of phenols is 1. The summed E-state index contributed by atoms with van der Waals surface area (Å²) >= 11 is 0. The Morgan fingerprint density at radius 2 is 1.70 bits per heavy atom. The summed E-state index contributed by atoms with van der Waals surface area (Å²) in [6.07, 6.45) is 6.32. The summed E-state index contributed by atoms with van der Waals surface area (Å²) in [5, 5.41) is 11.8. The maximum Gasteiger partial charge on any atom is 0.303 e. The summed E-state index contributed by atoms with van der Waals surface area (Å²) in [7, 11) is 0.890. The van der Waals surface area contributed by atoms with Gasteiger partial charge in [-0.15, -0.1) is 0 Å². The van der Waals surface area contributed by atoms with Crippen molar-refractivity contribution < 1.29 is 23.1 Å². The van der Waals surface area contributed by atoms with Crippen molar-refractivity contribution in [3.63, 3.8) is 0 Å². The third-order valence-corrected chi connectivity index (χ3v) is 12.7. The molecule has 7 rings (SSSR count). The minimum Gasteiger partial charge on any atom is -0.508 e. The van der Waals surface area contributed by atoms with Crippen molar-refractivity contribution in [1.82, 2.24) is 23.4 Å². The summed E-state index contributed by atoms with van der Waals surface area (Å²) in [5.74, 6) is -0.0569. The number of fused-ring (bicyclic) bond motifs is 7. The number of carbonyl (C=O) groups is 2. The zero-order chi connectivity index (χ0) is 32.7. The number of phenolic OH excluding ortho intramolecular Hbond substituents is 1. The molecule has 246 valence electrons. The molecule has 3 aromatic rings. The van der Waals surface area contributed by atoms with Crippen LogP contribution in [0.2, 0.25) is 0 Å². The van der Waals surface area contributed by atoms with Crippen LogP contribution in [0.15, 0.2) is 36.4 Å². The molecule has 11 heteroatoms. The number of carbonyl (C=O) groups excluding carboxylic acids is 2. The minimum absolute atomic E-state index is 0.0294. The van der Waals surface area contributed by atoms with E-state index in [0.717, 1.165) is 57.7 Å². The van der Waals surface area contributed by atoms with Gasteiger partial charge in [0.15, 0.2) is 0 Å². The Bertz CT molecular complexity index is 1830. The van der Waals surface area contributed by atoms with Crippen LogP contribution in [-0.2, 0) is 21.5 Å². The summed E-state index contributed by atoms with van der Waals surface area (Å²) in [6.45, 7) is 6.11. The SMILES string of the molecule is CC1CN(C(=O)C23CC2c2cc(O)ccc2-c2c(C4CCCCC4)c4ccc(C(=O)NS(=O)(=O)N(C)C)cc4n2C3)CC(C)N1C. The number of hydrogen-bond donors (Lipinski definition) is 2. The summed E-state index contributed by atoms with van der Waals surface area (Å²) < 4.78 is 30.5. The second-order valence-electron chi connectivity index (χ2n) is 14.4. The lowest BCUT2D eigenvalue weighted by atomic mass is 9.81. The molecular weight excluding hydrogens is 602 g/mol. The molecule has 2 aliphatic carbocycles. The van der Waals surface area contributed by atoms with Gasteiger partial charge in [0.2, 0.25) is 5.91 Å². The zero-order valence-electron chi connectivity index (χ0n) is 27.4. The van der Waals surface area contributed by atoms with Gasteiger partial charge in [0.25, 0.3) is 5.91 Å². The maximum absolute atomic E-state index is 14.7. The number of aromatic nitrogens is 1. The third-order valence-electron chi connectivity index (χ3n) is 11.3. The predicted molar refractivity (Wildman–Crippen MR) is 178 cm³/mol. The molecule has 1 saturated heterocycles. The lowest BCUT2D eigenvalue weighted by Gasteiger charge is -2.43. The molecule has 10 nitrogen and oxygen atoms in total. The Kier molecular flexibility index (Phi) is 7.53. The number of benzene rings is 2. The first-order chi connectivity index (χ1) is 21.8. The van der Waals surface area contributed by atoms with Gasteiger partial charge in [0.1, 0.15) is 5.75 Å². The van der Waals surface area contributed by atoms with E-state index in [9.17, 15) is 23.1 Å². The van der Waals surface area contributed by atoms with E-state index in [4.69, 9.17) is 0 Å². The topological polar surface area (TPSA) is 115 Å². The highest BCUT2D eigenvalue weighted by Gasteiger charge is 2.64. The molecule has 46 heavy (non-hydrogen) atoms. The van der Waals surface area contributed by atoms with Crippen LogP contribution in [0.5, 0.6) is 5.75 Å². The van der Waals surface area contributed by atoms with Gasteiger partial charge >= 0.3 is 10.2 Å². The lowest BCUT2D eigenvalue weighted by Crippen LogP contribution is -2.58. The summed E-state index contributed by atoms with van der Waals surface area (Å²) in [4.78, 5) is 32.4. The van der Waals surface area contributed by atoms with E-state index in [2.05, 4.69) is 35.1 Å². The van der Waals surface area contributed by atoms with Crippen LogP contribution in [0.25, 0.3) is 22.2 Å². The number of hydrogen-bond acceptors (Lipinski definition) is 6. The number of amides is 2. The second-order valence-corrected chi connectivity index (χ2v) is 16.3. The van der Waals surface area contributed by atoms with E-state index in [1.54, 1.807) is 18.2 Å². The van der Waals surface area contributed by atoms with Crippen LogP contribution in [0.1, 0.15) is 85.7 Å². The smallest absolute Gasteiger partial charge is 0.303 e. The van der Waals surface area contributed by atoms with Gasteiger partial charge in [0.05, 0.1) is 11.1 Å². The molecule has 4 atom stereocenters. The number of rotatable bonds is 5. The first-order valence-electron chi connectivity index (χ1n) is 16.6. The van der Waals surface area contributed by atoms with Crippen LogP contribution < -0.4 is 4.72 Å². The van der Waals surface area contributed by atoms with Crippen molar-refractivity contribution in [1.29, 1.82) is 0 Å². The molecule has 3 heterocycles. The normalized spacial score (nSPS) is 26.7. The lowest BCUT2D eigenvalue weighted by molar-refractivity contribution is -0.141. The van der Waals surface area contributed by atoms with Crippen LogP contribution in [0, 0.1) is 5.41 Å². The molecule has 4 unspecified atom stereocenters. The molecule has 4 aliphatic rings. The Balaban J connectivity index is 1.41. The Morgan fingerprint density at radius 3 is 2.37 bits per heavy atom. The van der Waals surface area contributed by atoms with E-state index in [1.165, 1.54) is 26.1 Å². The van der Waals surface area contributed by atoms with Crippen molar-refractivity contribution in [3.8, 4) is 17.0 Å². The predicted octanol–water partition coefficient (Wildman–Crippen LogP) is 4.64. The number of aromatic hydroxyl groups is 1. The molecule has 2 aliphatic heterocycles. The highest BCUT2D eigenvalue weighted by atomic mass is 32.2. The standard InChI is InChI=1S/C35H45N5O5S/c1-21-18-39(19-22(2)38(21)5)34(43)35-17-29(35)28-16-25(41)12-14-26(28)32-31(23-9-7-6-8-10-23)27-13-11-24(15-30(27)40(32)20-35)33(42)36-46(44,45)37(3)4/h11-16,21-23,29,41H,6-10,17-20H2,1-5H3,(H,36,42). The van der Waals surface area contributed by atoms with E-state index in [1.807, 2.05) is 23.1 Å². The first-order valence-corrected chi connectivity index (χ1v) is 18.0. The van der Waals surface area contributed by atoms with Crippen LogP contribution >= 0.6 is 0 Å². The van der Waals surface area contributed by atoms with Gasteiger partial charge < -0.3 is 14.6 Å². The van der Waals surface area contributed by atoms with Gasteiger partial charge in [-0.2, -0.15) is 12.7 Å². The van der Waals surface area contributed by atoms with Crippen molar-refractivity contribution in [3.05, 3.63) is 53.1 Å². The van der Waals surface area contributed by atoms with Gasteiger partial charge in [-0.3, -0.25) is 14.5 Å². The van der Waals surface area contributed by atoms with Crippen molar-refractivity contribution in [2.45, 2.75) is 82.8 Å². The van der Waals surface area contributed by atoms with E-state index >= 15 is 0 Å². The number of piperazine rings is 1. The molecule has 2 N–H and O–H groups in total. The molecular formula is C35H45N5O5S. The van der Waals surface area contributed by atoms with Crippen molar-refractivity contribution in [2.75, 3.05) is 34.2 Å². The fourth-order valence-electron chi connectivity index (χ4n) is 8.46. The highest BCUT2D eigenvalue weighted by Crippen LogP contribution is 2.66. The maximum atomic E-state index is 14.7. The largest absolute Gasteiger partial charge is 0.508 e. The second kappa shape index (κ2) is 11.1. The van der Waals surface area contributed by atoms with E-state index in [0.29, 0.717) is 32.0 Å². The fraction of sp³-hybridized carbons (Fsp3) is 0.543. The quantitative estimate of drug-likeness (QED) is 0.417. The van der Waals surface area contributed by atoms with Gasteiger partial charge in [-0.05, 0) is 87.5 Å². The van der Waals surface area contributed by atoms with E-state index in [-0.39, 0.29) is 35.2 Å². The summed E-state index contributed by atoms with van der Waals surface area (Å²) in [6, 6.07) is 11.5. The zero-order valence-corrected chi connectivity index (χ0v) is 28.2. The molecule has 0 spiro atoms. The molecule has 0 radical (unpaired) electrons. The molecule has 2 amide bonds.